The smallest absolute Gasteiger partial charge is 0.338 e. The standard InChI is InChI=1S/C24H40O5.C9H11NO2/c1-13(4-7-21(28)29)16-5-6-17-22-18(12-20(27)24(16,17)3)23(2)9-8-15(25)10-14(23)11-19(22)26;1-2-12-9(11)7-3-5-8(10)6-4-7/h13-20,22,25-27H,4-12H2,1-3H3,(H,28,29);3-6H,2,10H2,1H3/t13-,14+,15-,16-,17+,18+,19-,20+,22+,23+,24-;/m1./s1. The molecule has 0 aromatic heterocycles. The Kier molecular flexibility index (Phi) is 9.76. The molecule has 11 atom stereocenters. The number of rotatable bonds is 6. The molecule has 4 fully saturated rings. The van der Waals surface area contributed by atoms with Crippen LogP contribution < -0.4 is 5.73 Å². The van der Waals surface area contributed by atoms with Gasteiger partial charge in [-0.2, -0.15) is 0 Å². The number of fused-ring (bicyclic) bond motifs is 5. The van der Waals surface area contributed by atoms with Gasteiger partial charge in [0.1, 0.15) is 0 Å². The van der Waals surface area contributed by atoms with Crippen LogP contribution in [0, 0.1) is 46.3 Å². The molecule has 1 aromatic carbocycles. The highest BCUT2D eigenvalue weighted by Crippen LogP contribution is 2.68. The largest absolute Gasteiger partial charge is 0.481 e. The summed E-state index contributed by atoms with van der Waals surface area (Å²) in [4.78, 5) is 22.2. The van der Waals surface area contributed by atoms with Gasteiger partial charge in [-0.3, -0.25) is 4.79 Å². The van der Waals surface area contributed by atoms with Crippen LogP contribution in [-0.4, -0.2) is 57.3 Å². The lowest BCUT2D eigenvalue weighted by Gasteiger charge is -2.63. The number of esters is 1. The first-order chi connectivity index (χ1) is 19.3. The number of hydrogen-bond acceptors (Lipinski definition) is 7. The van der Waals surface area contributed by atoms with Crippen LogP contribution in [-0.2, 0) is 9.53 Å². The van der Waals surface area contributed by atoms with Gasteiger partial charge < -0.3 is 30.9 Å². The number of aliphatic carboxylic acids is 1. The van der Waals surface area contributed by atoms with Crippen molar-refractivity contribution in [1.82, 2.24) is 0 Å². The first-order valence-corrected chi connectivity index (χ1v) is 15.6. The number of carbonyl (C=O) groups is 2. The zero-order valence-electron chi connectivity index (χ0n) is 25.2. The van der Waals surface area contributed by atoms with Gasteiger partial charge in [0.2, 0.25) is 0 Å². The van der Waals surface area contributed by atoms with E-state index in [1.165, 1.54) is 0 Å². The molecule has 0 bridgehead atoms. The number of carbonyl (C=O) groups excluding carboxylic acids is 1. The molecule has 4 aliphatic carbocycles. The lowest BCUT2D eigenvalue weighted by Crippen LogP contribution is -2.62. The van der Waals surface area contributed by atoms with Crippen LogP contribution in [0.5, 0.6) is 0 Å². The number of benzene rings is 1. The second-order valence-corrected chi connectivity index (χ2v) is 13.8. The van der Waals surface area contributed by atoms with Gasteiger partial charge in [0.15, 0.2) is 0 Å². The van der Waals surface area contributed by atoms with Gasteiger partial charge in [-0.05, 0) is 129 Å². The van der Waals surface area contributed by atoms with Crippen LogP contribution in [0.2, 0.25) is 0 Å². The summed E-state index contributed by atoms with van der Waals surface area (Å²) in [5, 5.41) is 42.0. The Morgan fingerprint density at radius 1 is 1.02 bits per heavy atom. The third kappa shape index (κ3) is 6.16. The number of carboxylic acids is 1. The van der Waals surface area contributed by atoms with Crippen molar-refractivity contribution < 1.29 is 34.8 Å². The molecule has 41 heavy (non-hydrogen) atoms. The molecule has 0 spiro atoms. The molecule has 0 heterocycles. The van der Waals surface area contributed by atoms with E-state index in [1.54, 1.807) is 31.2 Å². The Balaban J connectivity index is 0.000000271. The molecule has 6 N–H and O–H groups in total. The van der Waals surface area contributed by atoms with E-state index in [2.05, 4.69) is 20.8 Å². The Bertz CT molecular complexity index is 1060. The highest BCUT2D eigenvalue weighted by molar-refractivity contribution is 5.89. The summed E-state index contributed by atoms with van der Waals surface area (Å²) >= 11 is 0. The first-order valence-electron chi connectivity index (χ1n) is 15.6. The third-order valence-corrected chi connectivity index (χ3v) is 11.8. The molecule has 8 nitrogen and oxygen atoms in total. The molecule has 0 saturated heterocycles. The van der Waals surface area contributed by atoms with Gasteiger partial charge in [-0.15, -0.1) is 0 Å². The first kappa shape index (κ1) is 31.8. The molecule has 230 valence electrons. The van der Waals surface area contributed by atoms with E-state index in [-0.39, 0.29) is 47.3 Å². The number of nitrogen functional groups attached to an aromatic ring is 1. The SMILES string of the molecule is CCOC(=O)c1ccc(N)cc1.C[C@H](CCC(=O)O)[C@H]1CC[C@H]2[C@@H]3[C@H](O)C[C@@H]4C[C@H](O)CC[C@]4(C)[C@H]3C[C@H](O)[C@]12C. The third-order valence-electron chi connectivity index (χ3n) is 11.8. The zero-order valence-corrected chi connectivity index (χ0v) is 25.2. The lowest BCUT2D eigenvalue weighted by atomic mass is 9.43. The van der Waals surface area contributed by atoms with Gasteiger partial charge in [-0.1, -0.05) is 20.8 Å². The van der Waals surface area contributed by atoms with Crippen molar-refractivity contribution in [2.45, 2.75) is 104 Å². The zero-order chi connectivity index (χ0) is 30.1. The van der Waals surface area contributed by atoms with E-state index in [0.717, 1.165) is 44.9 Å². The number of aliphatic hydroxyl groups is 3. The van der Waals surface area contributed by atoms with Crippen molar-refractivity contribution in [2.24, 2.45) is 46.3 Å². The fraction of sp³-hybridized carbons (Fsp3) is 0.758. The Morgan fingerprint density at radius 3 is 2.34 bits per heavy atom. The van der Waals surface area contributed by atoms with E-state index < -0.39 is 12.1 Å². The highest BCUT2D eigenvalue weighted by atomic mass is 16.5. The number of ether oxygens (including phenoxy) is 1. The highest BCUT2D eigenvalue weighted by Gasteiger charge is 2.65. The van der Waals surface area contributed by atoms with Crippen molar-refractivity contribution in [3.05, 3.63) is 29.8 Å². The predicted octanol–water partition coefficient (Wildman–Crippen LogP) is 4.89. The van der Waals surface area contributed by atoms with Crippen LogP contribution in [0.1, 0.15) is 95.8 Å². The van der Waals surface area contributed by atoms with Crippen LogP contribution >= 0.6 is 0 Å². The molecule has 0 aliphatic heterocycles. The molecule has 4 saturated carbocycles. The van der Waals surface area contributed by atoms with Crippen molar-refractivity contribution in [3.63, 3.8) is 0 Å². The van der Waals surface area contributed by atoms with Crippen LogP contribution in [0.25, 0.3) is 0 Å². The van der Waals surface area contributed by atoms with E-state index in [4.69, 9.17) is 15.6 Å². The predicted molar refractivity (Wildman–Crippen MR) is 157 cm³/mol. The molecular formula is C33H51NO7. The van der Waals surface area contributed by atoms with Crippen molar-refractivity contribution >= 4 is 17.6 Å². The minimum Gasteiger partial charge on any atom is -0.481 e. The average Bonchev–Trinajstić information content (AvgIpc) is 3.28. The number of carboxylic acid groups (broad SMARTS) is 1. The quantitative estimate of drug-likeness (QED) is 0.238. The number of nitrogens with two attached hydrogens (primary N) is 1. The normalized spacial score (nSPS) is 40.2. The number of aliphatic hydroxyl groups excluding tert-OH is 3. The maximum atomic E-state index is 11.5. The number of anilines is 1. The Hall–Kier alpha value is -2.16. The fourth-order valence-electron chi connectivity index (χ4n) is 9.52. The Morgan fingerprint density at radius 2 is 1.71 bits per heavy atom. The van der Waals surface area contributed by atoms with Crippen LogP contribution in [0.3, 0.4) is 0 Å². The maximum absolute atomic E-state index is 11.5. The van der Waals surface area contributed by atoms with E-state index >= 15 is 0 Å². The second kappa shape index (κ2) is 12.6. The minimum atomic E-state index is -0.748. The summed E-state index contributed by atoms with van der Waals surface area (Å²) in [6.45, 7) is 8.89. The van der Waals surface area contributed by atoms with Crippen molar-refractivity contribution in [3.8, 4) is 0 Å². The van der Waals surface area contributed by atoms with Gasteiger partial charge >= 0.3 is 11.9 Å². The molecule has 0 unspecified atom stereocenters. The average molecular weight is 574 g/mol. The second-order valence-electron chi connectivity index (χ2n) is 13.8. The number of hydrogen-bond donors (Lipinski definition) is 5. The molecule has 0 amide bonds. The fourth-order valence-corrected chi connectivity index (χ4v) is 9.52. The lowest BCUT2D eigenvalue weighted by molar-refractivity contribution is -0.207. The van der Waals surface area contributed by atoms with E-state index in [1.807, 2.05) is 0 Å². The molecule has 5 rings (SSSR count). The van der Waals surface area contributed by atoms with Gasteiger partial charge in [0, 0.05) is 12.1 Å². The summed E-state index contributed by atoms with van der Waals surface area (Å²) in [6.07, 6.45) is 6.00. The monoisotopic (exact) mass is 573 g/mol. The molecule has 4 aliphatic rings. The van der Waals surface area contributed by atoms with E-state index in [9.17, 15) is 24.9 Å². The maximum Gasteiger partial charge on any atom is 0.338 e. The summed E-state index contributed by atoms with van der Waals surface area (Å²) < 4.78 is 4.79. The summed E-state index contributed by atoms with van der Waals surface area (Å²) in [7, 11) is 0. The summed E-state index contributed by atoms with van der Waals surface area (Å²) in [5.74, 6) is 0.690. The molecule has 8 heteroatoms. The summed E-state index contributed by atoms with van der Waals surface area (Å²) in [6, 6.07) is 6.64. The Labute approximate surface area is 244 Å². The molecule has 1 aromatic rings. The van der Waals surface area contributed by atoms with Crippen LogP contribution in [0.4, 0.5) is 5.69 Å². The van der Waals surface area contributed by atoms with E-state index in [0.29, 0.717) is 48.0 Å². The topological polar surface area (TPSA) is 150 Å². The van der Waals surface area contributed by atoms with Gasteiger partial charge in [0.25, 0.3) is 0 Å². The van der Waals surface area contributed by atoms with Crippen molar-refractivity contribution in [2.75, 3.05) is 12.3 Å². The van der Waals surface area contributed by atoms with Gasteiger partial charge in [-0.25, -0.2) is 4.79 Å². The van der Waals surface area contributed by atoms with Crippen LogP contribution in [0.15, 0.2) is 24.3 Å². The summed E-state index contributed by atoms with van der Waals surface area (Å²) in [5.41, 5.74) is 6.48. The molecular weight excluding hydrogens is 522 g/mol. The minimum absolute atomic E-state index is 0.0957. The molecule has 0 radical (unpaired) electrons. The van der Waals surface area contributed by atoms with Gasteiger partial charge in [0.05, 0.1) is 30.5 Å². The van der Waals surface area contributed by atoms with Crippen molar-refractivity contribution in [1.29, 1.82) is 0 Å².